The molecule has 0 amide bonds. The van der Waals surface area contributed by atoms with E-state index in [0.29, 0.717) is 19.3 Å². The van der Waals surface area contributed by atoms with Crippen molar-refractivity contribution in [3.63, 3.8) is 0 Å². The zero-order valence-corrected chi connectivity index (χ0v) is 54.4. The minimum atomic E-state index is -0.799. The summed E-state index contributed by atoms with van der Waals surface area (Å²) < 4.78 is 16.9. The first-order chi connectivity index (χ1) is 41.0. The number of esters is 3. The largest absolute Gasteiger partial charge is 0.462 e. The zero-order chi connectivity index (χ0) is 59.9. The number of hydrogen-bond acceptors (Lipinski definition) is 6. The molecule has 0 heterocycles. The van der Waals surface area contributed by atoms with Crippen molar-refractivity contribution in [2.45, 2.75) is 335 Å². The molecular formula is C77H130O6. The molecule has 6 heteroatoms. The topological polar surface area (TPSA) is 78.9 Å². The smallest absolute Gasteiger partial charge is 0.306 e. The van der Waals surface area contributed by atoms with Crippen LogP contribution in [-0.2, 0) is 28.6 Å². The molecule has 0 fully saturated rings. The minimum absolute atomic E-state index is 0.0917. The Hall–Kier alpha value is -4.19. The second-order valence-electron chi connectivity index (χ2n) is 23.0. The van der Waals surface area contributed by atoms with Gasteiger partial charge in [0.1, 0.15) is 13.2 Å². The maximum atomic E-state index is 12.9. The molecule has 1 unspecified atom stereocenters. The lowest BCUT2D eigenvalue weighted by molar-refractivity contribution is -0.167. The summed E-state index contributed by atoms with van der Waals surface area (Å²) in [6.07, 6.45) is 98.0. The monoisotopic (exact) mass is 1150 g/mol. The van der Waals surface area contributed by atoms with Gasteiger partial charge in [0.25, 0.3) is 0 Å². The van der Waals surface area contributed by atoms with Gasteiger partial charge in [-0.2, -0.15) is 0 Å². The van der Waals surface area contributed by atoms with Crippen molar-refractivity contribution >= 4 is 17.9 Å². The summed E-state index contributed by atoms with van der Waals surface area (Å²) in [5.41, 5.74) is 0. The van der Waals surface area contributed by atoms with Crippen LogP contribution in [0.15, 0.2) is 122 Å². The van der Waals surface area contributed by atoms with Crippen LogP contribution in [0.3, 0.4) is 0 Å². The van der Waals surface area contributed by atoms with Gasteiger partial charge in [-0.05, 0) is 128 Å². The minimum Gasteiger partial charge on any atom is -0.462 e. The molecule has 0 aromatic rings. The van der Waals surface area contributed by atoms with Crippen LogP contribution in [-0.4, -0.2) is 37.2 Å². The highest BCUT2D eigenvalue weighted by atomic mass is 16.6. The number of ether oxygens (including phenoxy) is 3. The predicted molar refractivity (Wildman–Crippen MR) is 362 cm³/mol. The molecule has 0 spiro atoms. The van der Waals surface area contributed by atoms with Crippen LogP contribution < -0.4 is 0 Å². The maximum Gasteiger partial charge on any atom is 0.306 e. The van der Waals surface area contributed by atoms with Gasteiger partial charge in [0, 0.05) is 19.3 Å². The summed E-state index contributed by atoms with van der Waals surface area (Å²) in [5, 5.41) is 0. The summed E-state index contributed by atoms with van der Waals surface area (Å²) in [6, 6.07) is 0. The van der Waals surface area contributed by atoms with Crippen LogP contribution in [0.5, 0.6) is 0 Å². The van der Waals surface area contributed by atoms with Crippen molar-refractivity contribution in [2.24, 2.45) is 0 Å². The van der Waals surface area contributed by atoms with Crippen molar-refractivity contribution in [2.75, 3.05) is 13.2 Å². The van der Waals surface area contributed by atoms with E-state index in [4.69, 9.17) is 14.2 Å². The lowest BCUT2D eigenvalue weighted by Crippen LogP contribution is -2.30. The molecule has 0 saturated carbocycles. The average molecular weight is 1150 g/mol. The Morgan fingerprint density at radius 3 is 0.771 bits per heavy atom. The van der Waals surface area contributed by atoms with E-state index in [0.717, 1.165) is 116 Å². The SMILES string of the molecule is CC/C=C\C/C=C\C/C=C\C/C=C\C/C=C\CCCCCCCCCCCCCCCCCC(=O)OCC(COC(=O)CCCC/C=C\C/C=C\C/C=C\C/C=C\CC)OC(=O)CCCCCCCCCCC/C=C\CCCCCCCC. The summed E-state index contributed by atoms with van der Waals surface area (Å²) in [4.78, 5) is 38.4. The molecule has 474 valence electrons. The molecule has 0 N–H and O–H groups in total. The molecule has 0 aromatic carbocycles. The molecular weight excluding hydrogens is 1020 g/mol. The van der Waals surface area contributed by atoms with Gasteiger partial charge in [0.05, 0.1) is 0 Å². The van der Waals surface area contributed by atoms with Crippen LogP contribution in [0.4, 0.5) is 0 Å². The van der Waals surface area contributed by atoms with E-state index in [1.807, 2.05) is 0 Å². The van der Waals surface area contributed by atoms with E-state index < -0.39 is 6.10 Å². The van der Waals surface area contributed by atoms with Crippen molar-refractivity contribution in [3.05, 3.63) is 122 Å². The van der Waals surface area contributed by atoms with Crippen molar-refractivity contribution in [1.29, 1.82) is 0 Å². The zero-order valence-electron chi connectivity index (χ0n) is 54.4. The Morgan fingerprint density at radius 2 is 0.470 bits per heavy atom. The summed E-state index contributed by atoms with van der Waals surface area (Å²) >= 11 is 0. The van der Waals surface area contributed by atoms with Crippen LogP contribution in [0.2, 0.25) is 0 Å². The molecule has 0 aliphatic heterocycles. The molecule has 6 nitrogen and oxygen atoms in total. The lowest BCUT2D eigenvalue weighted by Gasteiger charge is -2.18. The molecule has 0 aliphatic carbocycles. The molecule has 83 heavy (non-hydrogen) atoms. The van der Waals surface area contributed by atoms with Gasteiger partial charge in [-0.25, -0.2) is 0 Å². The van der Waals surface area contributed by atoms with Crippen molar-refractivity contribution in [3.8, 4) is 0 Å². The van der Waals surface area contributed by atoms with Gasteiger partial charge in [-0.1, -0.05) is 303 Å². The average Bonchev–Trinajstić information content (AvgIpc) is 3.49. The molecule has 0 aromatic heterocycles. The van der Waals surface area contributed by atoms with Gasteiger partial charge in [-0.15, -0.1) is 0 Å². The maximum absolute atomic E-state index is 12.9. The van der Waals surface area contributed by atoms with Crippen LogP contribution in [0.1, 0.15) is 329 Å². The normalized spacial score (nSPS) is 12.9. The van der Waals surface area contributed by atoms with E-state index in [9.17, 15) is 14.4 Å². The Kier molecular flexibility index (Phi) is 66.7. The number of unbranched alkanes of at least 4 members (excludes halogenated alkanes) is 32. The van der Waals surface area contributed by atoms with Gasteiger partial charge < -0.3 is 14.2 Å². The van der Waals surface area contributed by atoms with E-state index >= 15 is 0 Å². The van der Waals surface area contributed by atoms with Crippen molar-refractivity contribution < 1.29 is 28.6 Å². The molecule has 0 rings (SSSR count). The highest BCUT2D eigenvalue weighted by Gasteiger charge is 2.19. The highest BCUT2D eigenvalue weighted by molar-refractivity contribution is 5.71. The Bertz CT molecular complexity index is 1700. The standard InChI is InChI=1S/C77H130O6/c1-4-7-10-13-16-19-22-25-28-30-32-33-34-35-36-37-38-39-40-41-42-43-45-46-49-52-55-58-61-64-67-70-76(79)82-73-74(72-81-75(78)69-66-63-60-57-54-51-48-27-24-21-18-15-12-9-6-3)83-77(80)71-68-65-62-59-56-53-50-47-44-31-29-26-23-20-17-14-11-8-5-2/h7,9-10,12,16,18-19,21,25-29,32-33,35-36,48,54,57,74H,4-6,8,11,13-15,17,20,22-24,30-31,34,37-47,49-53,55-56,58-73H2,1-3H3/b10-7-,12-9-,19-16-,21-18-,28-25-,29-26-,33-32-,36-35-,48-27-,57-54-. The quantitative estimate of drug-likeness (QED) is 0.0261. The van der Waals surface area contributed by atoms with Crippen LogP contribution in [0, 0.1) is 0 Å². The van der Waals surface area contributed by atoms with E-state index in [2.05, 4.69) is 142 Å². The Labute approximate surface area is 513 Å². The summed E-state index contributed by atoms with van der Waals surface area (Å²) in [6.45, 7) is 6.40. The first-order valence-electron chi connectivity index (χ1n) is 35.0. The third kappa shape index (κ3) is 68.5. The number of hydrogen-bond donors (Lipinski definition) is 0. The summed E-state index contributed by atoms with van der Waals surface area (Å²) in [7, 11) is 0. The van der Waals surface area contributed by atoms with Crippen LogP contribution in [0.25, 0.3) is 0 Å². The third-order valence-electron chi connectivity index (χ3n) is 14.9. The predicted octanol–water partition coefficient (Wildman–Crippen LogP) is 24.3. The van der Waals surface area contributed by atoms with Gasteiger partial charge in [0.2, 0.25) is 0 Å². The fraction of sp³-hybridized carbons (Fsp3) is 0.701. The van der Waals surface area contributed by atoms with Crippen LogP contribution >= 0.6 is 0 Å². The fourth-order valence-corrected chi connectivity index (χ4v) is 9.75. The van der Waals surface area contributed by atoms with Gasteiger partial charge in [0.15, 0.2) is 6.10 Å². The molecule has 0 saturated heterocycles. The first kappa shape index (κ1) is 78.8. The number of rotatable bonds is 63. The molecule has 0 bridgehead atoms. The Morgan fingerprint density at radius 1 is 0.253 bits per heavy atom. The van der Waals surface area contributed by atoms with E-state index in [1.165, 1.54) is 173 Å². The first-order valence-corrected chi connectivity index (χ1v) is 35.0. The van der Waals surface area contributed by atoms with Gasteiger partial charge in [-0.3, -0.25) is 14.4 Å². The molecule has 0 radical (unpaired) electrons. The van der Waals surface area contributed by atoms with E-state index in [1.54, 1.807) is 0 Å². The van der Waals surface area contributed by atoms with Gasteiger partial charge >= 0.3 is 17.9 Å². The Balaban J connectivity index is 4.29. The molecule has 0 aliphatic rings. The van der Waals surface area contributed by atoms with Crippen molar-refractivity contribution in [1.82, 2.24) is 0 Å². The second kappa shape index (κ2) is 70.3. The number of allylic oxidation sites excluding steroid dienone is 20. The second-order valence-corrected chi connectivity index (χ2v) is 23.0. The number of carbonyl (C=O) groups excluding carboxylic acids is 3. The van der Waals surface area contributed by atoms with E-state index in [-0.39, 0.29) is 31.1 Å². The number of carbonyl (C=O) groups is 3. The lowest BCUT2D eigenvalue weighted by atomic mass is 10.0. The summed E-state index contributed by atoms with van der Waals surface area (Å²) in [5.74, 6) is -0.926. The third-order valence-corrected chi connectivity index (χ3v) is 14.9. The molecule has 1 atom stereocenters. The fourth-order valence-electron chi connectivity index (χ4n) is 9.75. The highest BCUT2D eigenvalue weighted by Crippen LogP contribution is 2.17.